The van der Waals surface area contributed by atoms with E-state index in [9.17, 15) is 0 Å². The first kappa shape index (κ1) is 16.1. The van der Waals surface area contributed by atoms with E-state index in [0.29, 0.717) is 0 Å². The van der Waals surface area contributed by atoms with E-state index in [4.69, 9.17) is 4.42 Å². The van der Waals surface area contributed by atoms with Gasteiger partial charge < -0.3 is 9.40 Å². The van der Waals surface area contributed by atoms with Crippen LogP contribution in [-0.2, 0) is 20.0 Å². The van der Waals surface area contributed by atoms with Crippen molar-refractivity contribution in [1.29, 1.82) is 0 Å². The van der Waals surface area contributed by atoms with Crippen molar-refractivity contribution >= 4 is 0 Å². The van der Waals surface area contributed by atoms with Gasteiger partial charge in [0, 0.05) is 49.6 Å². The average Bonchev–Trinajstić information content (AvgIpc) is 3.43. The Bertz CT molecular complexity index is 1050. The van der Waals surface area contributed by atoms with Gasteiger partial charge in [-0.25, -0.2) is 4.98 Å². The van der Waals surface area contributed by atoms with E-state index >= 15 is 0 Å². The maximum Gasteiger partial charge on any atom is 0.134 e. The van der Waals surface area contributed by atoms with Gasteiger partial charge in [0.2, 0.25) is 0 Å². The van der Waals surface area contributed by atoms with Crippen LogP contribution in [-0.4, -0.2) is 31.2 Å². The fourth-order valence-corrected chi connectivity index (χ4v) is 3.99. The highest BCUT2D eigenvalue weighted by Crippen LogP contribution is 2.35. The zero-order chi connectivity index (χ0) is 18.2. The van der Waals surface area contributed by atoms with E-state index in [-0.39, 0.29) is 6.04 Å². The molecule has 5 rings (SSSR count). The summed E-state index contributed by atoms with van der Waals surface area (Å²) in [5.41, 5.74) is 5.88. The molecule has 6 nitrogen and oxygen atoms in total. The number of benzene rings is 1. The minimum Gasteiger partial charge on any atom is -0.464 e. The minimum atomic E-state index is 0.0957. The number of nitrogens with zero attached hydrogens (tertiary/aromatic N) is 4. The maximum absolute atomic E-state index is 5.66. The molecule has 1 N–H and O–H groups in total. The molecule has 136 valence electrons. The normalized spacial score (nSPS) is 17.1. The molecule has 27 heavy (non-hydrogen) atoms. The van der Waals surface area contributed by atoms with Gasteiger partial charge in [0.1, 0.15) is 5.76 Å². The third-order valence-corrected chi connectivity index (χ3v) is 5.24. The minimum absolute atomic E-state index is 0.0957. The highest BCUT2D eigenvalue weighted by Gasteiger charge is 2.32. The second-order valence-electron chi connectivity index (χ2n) is 6.97. The molecule has 3 aromatic heterocycles. The largest absolute Gasteiger partial charge is 0.464 e. The Morgan fingerprint density at radius 1 is 1.22 bits per heavy atom. The zero-order valence-electron chi connectivity index (χ0n) is 15.2. The smallest absolute Gasteiger partial charge is 0.134 e. The molecule has 4 heterocycles. The van der Waals surface area contributed by atoms with Crippen LogP contribution in [0, 0.1) is 0 Å². The van der Waals surface area contributed by atoms with Crippen LogP contribution in [0.2, 0.25) is 0 Å². The van der Waals surface area contributed by atoms with Gasteiger partial charge in [0.05, 0.1) is 30.5 Å². The number of hydrogen-bond donors (Lipinski definition) is 1. The number of hydrogen-bond acceptors (Lipinski definition) is 4. The van der Waals surface area contributed by atoms with Gasteiger partial charge in [-0.3, -0.25) is 9.58 Å². The highest BCUT2D eigenvalue weighted by atomic mass is 16.3. The lowest BCUT2D eigenvalue weighted by atomic mass is 9.96. The standard InChI is InChI=1S/C21H21N5O/c1-25-12-16(11-24-25)21-20-18(22-14-23-20)8-9-26(21)13-15-5-2-3-6-17(15)19-7-4-10-27-19/h2-7,10-12,14,21H,8-9,13H2,1H3,(H,22,23)/t21-/m0/s1. The summed E-state index contributed by atoms with van der Waals surface area (Å²) in [6.07, 6.45) is 8.52. The van der Waals surface area contributed by atoms with Gasteiger partial charge in [-0.15, -0.1) is 0 Å². The third kappa shape index (κ3) is 2.88. The number of nitrogens with one attached hydrogen (secondary N) is 1. The van der Waals surface area contributed by atoms with Crippen LogP contribution < -0.4 is 0 Å². The fraction of sp³-hybridized carbons (Fsp3) is 0.238. The van der Waals surface area contributed by atoms with Crippen molar-refractivity contribution in [1.82, 2.24) is 24.6 Å². The molecule has 1 aliphatic rings. The molecule has 1 atom stereocenters. The lowest BCUT2D eigenvalue weighted by molar-refractivity contribution is 0.200. The lowest BCUT2D eigenvalue weighted by Crippen LogP contribution is -2.35. The first-order valence-corrected chi connectivity index (χ1v) is 9.16. The fourth-order valence-electron chi connectivity index (χ4n) is 3.99. The van der Waals surface area contributed by atoms with E-state index in [1.807, 2.05) is 30.1 Å². The summed E-state index contributed by atoms with van der Waals surface area (Å²) in [6.45, 7) is 1.78. The highest BCUT2D eigenvalue weighted by molar-refractivity contribution is 5.62. The topological polar surface area (TPSA) is 62.9 Å². The van der Waals surface area contributed by atoms with E-state index in [1.165, 1.54) is 16.8 Å². The van der Waals surface area contributed by atoms with Crippen molar-refractivity contribution in [2.75, 3.05) is 6.54 Å². The lowest BCUT2D eigenvalue weighted by Gasteiger charge is -2.34. The Hall–Kier alpha value is -3.12. The predicted molar refractivity (Wildman–Crippen MR) is 102 cm³/mol. The summed E-state index contributed by atoms with van der Waals surface area (Å²) in [7, 11) is 1.95. The molecule has 0 aliphatic carbocycles. The van der Waals surface area contributed by atoms with Gasteiger partial charge in [0.15, 0.2) is 0 Å². The second-order valence-corrected chi connectivity index (χ2v) is 6.97. The second kappa shape index (κ2) is 6.55. The molecule has 0 fully saturated rings. The third-order valence-electron chi connectivity index (χ3n) is 5.24. The Morgan fingerprint density at radius 3 is 2.96 bits per heavy atom. The average molecular weight is 359 g/mol. The van der Waals surface area contributed by atoms with Crippen LogP contribution in [0.1, 0.15) is 28.6 Å². The van der Waals surface area contributed by atoms with Crippen LogP contribution >= 0.6 is 0 Å². The molecule has 0 saturated heterocycles. The van der Waals surface area contributed by atoms with Gasteiger partial charge >= 0.3 is 0 Å². The molecule has 0 saturated carbocycles. The Labute approximate surface area is 157 Å². The van der Waals surface area contributed by atoms with Crippen molar-refractivity contribution in [2.24, 2.45) is 7.05 Å². The number of aromatic amines is 1. The number of aryl methyl sites for hydroxylation is 1. The number of H-pyrrole nitrogens is 1. The predicted octanol–water partition coefficient (Wildman–Crippen LogP) is 3.55. The first-order valence-electron chi connectivity index (χ1n) is 9.16. The van der Waals surface area contributed by atoms with Crippen LogP contribution in [0.25, 0.3) is 11.3 Å². The zero-order valence-corrected chi connectivity index (χ0v) is 15.2. The molecule has 6 heteroatoms. The first-order chi connectivity index (χ1) is 13.3. The van der Waals surface area contributed by atoms with Crippen LogP contribution in [0.4, 0.5) is 0 Å². The monoisotopic (exact) mass is 359 g/mol. The molecular formula is C21H21N5O. The summed E-state index contributed by atoms with van der Waals surface area (Å²) in [6, 6.07) is 12.5. The number of rotatable bonds is 4. The van der Waals surface area contributed by atoms with Crippen molar-refractivity contribution in [3.63, 3.8) is 0 Å². The quantitative estimate of drug-likeness (QED) is 0.605. The molecule has 0 spiro atoms. The van der Waals surface area contributed by atoms with Gasteiger partial charge in [-0.05, 0) is 17.7 Å². The van der Waals surface area contributed by atoms with Crippen molar-refractivity contribution in [3.05, 3.63) is 83.9 Å². The molecule has 1 aromatic carbocycles. The van der Waals surface area contributed by atoms with E-state index in [0.717, 1.165) is 36.5 Å². The van der Waals surface area contributed by atoms with E-state index in [2.05, 4.69) is 50.4 Å². The summed E-state index contributed by atoms with van der Waals surface area (Å²) >= 11 is 0. The van der Waals surface area contributed by atoms with Gasteiger partial charge in [0.25, 0.3) is 0 Å². The summed E-state index contributed by atoms with van der Waals surface area (Å²) in [5.74, 6) is 0.904. The molecule has 0 unspecified atom stereocenters. The number of aromatic nitrogens is 4. The van der Waals surface area contributed by atoms with Gasteiger partial charge in [-0.2, -0.15) is 5.10 Å². The number of fused-ring (bicyclic) bond motifs is 1. The molecule has 0 radical (unpaired) electrons. The summed E-state index contributed by atoms with van der Waals surface area (Å²) in [4.78, 5) is 10.4. The molecule has 4 aromatic rings. The van der Waals surface area contributed by atoms with Gasteiger partial charge in [-0.1, -0.05) is 24.3 Å². The summed E-state index contributed by atoms with van der Waals surface area (Å²) < 4.78 is 7.51. The summed E-state index contributed by atoms with van der Waals surface area (Å²) in [5, 5.41) is 4.39. The molecule has 1 aliphatic heterocycles. The number of furan rings is 1. The maximum atomic E-state index is 5.66. The van der Waals surface area contributed by atoms with Crippen molar-refractivity contribution < 1.29 is 4.42 Å². The number of imidazole rings is 1. The Balaban J connectivity index is 1.53. The van der Waals surface area contributed by atoms with Crippen molar-refractivity contribution in [2.45, 2.75) is 19.0 Å². The van der Waals surface area contributed by atoms with E-state index < -0.39 is 0 Å². The molecule has 0 amide bonds. The SMILES string of the molecule is Cn1cc([C@H]2c3nc[nH]c3CCN2Cc2ccccc2-c2ccco2)cn1. The van der Waals surface area contributed by atoms with Crippen molar-refractivity contribution in [3.8, 4) is 11.3 Å². The molecular weight excluding hydrogens is 338 g/mol. The molecule has 0 bridgehead atoms. The Morgan fingerprint density at radius 2 is 2.15 bits per heavy atom. The Kier molecular flexibility index (Phi) is 3.90. The van der Waals surface area contributed by atoms with Crippen LogP contribution in [0.3, 0.4) is 0 Å². The van der Waals surface area contributed by atoms with E-state index in [1.54, 1.807) is 12.6 Å². The van der Waals surface area contributed by atoms with Crippen LogP contribution in [0.15, 0.2) is 65.8 Å². The van der Waals surface area contributed by atoms with Crippen LogP contribution in [0.5, 0.6) is 0 Å².